The summed E-state index contributed by atoms with van der Waals surface area (Å²) in [7, 11) is 0. The van der Waals surface area contributed by atoms with Crippen molar-refractivity contribution in [2.75, 3.05) is 13.2 Å². The molecule has 68 heavy (non-hydrogen) atoms. The van der Waals surface area contributed by atoms with Crippen molar-refractivity contribution >= 4 is 17.9 Å². The van der Waals surface area contributed by atoms with Gasteiger partial charge in [-0.25, -0.2) is 0 Å². The van der Waals surface area contributed by atoms with Crippen LogP contribution in [0.25, 0.3) is 0 Å². The third-order valence-electron chi connectivity index (χ3n) is 14.7. The summed E-state index contributed by atoms with van der Waals surface area (Å²) in [5, 5.41) is 0. The first-order valence-corrected chi connectivity index (χ1v) is 30.9. The highest BCUT2D eigenvalue weighted by atomic mass is 16.6. The Labute approximate surface area is 425 Å². The fourth-order valence-electron chi connectivity index (χ4n) is 9.60. The second-order valence-corrected chi connectivity index (χ2v) is 21.6. The second kappa shape index (κ2) is 56.3. The lowest BCUT2D eigenvalue weighted by atomic mass is 9.99. The van der Waals surface area contributed by atoms with Gasteiger partial charge in [-0.05, 0) is 25.2 Å². The molecule has 0 saturated carbocycles. The lowest BCUT2D eigenvalue weighted by molar-refractivity contribution is -0.167. The van der Waals surface area contributed by atoms with Crippen molar-refractivity contribution in [2.24, 2.45) is 5.92 Å². The maximum Gasteiger partial charge on any atom is 0.306 e. The van der Waals surface area contributed by atoms with E-state index in [1.54, 1.807) is 0 Å². The predicted octanol–water partition coefficient (Wildman–Crippen LogP) is 20.6. The van der Waals surface area contributed by atoms with E-state index in [1.807, 2.05) is 0 Å². The molecule has 0 spiro atoms. The molecule has 1 unspecified atom stereocenters. The molecule has 0 amide bonds. The Kier molecular flexibility index (Phi) is 55.0. The van der Waals surface area contributed by atoms with Crippen LogP contribution in [0.1, 0.15) is 355 Å². The number of carbonyl (C=O) groups excluding carboxylic acids is 3. The lowest BCUT2D eigenvalue weighted by Crippen LogP contribution is -2.30. The Morgan fingerprint density at radius 1 is 0.294 bits per heavy atom. The molecule has 6 heteroatoms. The summed E-state index contributed by atoms with van der Waals surface area (Å²) >= 11 is 0. The van der Waals surface area contributed by atoms with Crippen molar-refractivity contribution < 1.29 is 28.6 Å². The van der Waals surface area contributed by atoms with E-state index < -0.39 is 6.10 Å². The molecular formula is C62H120O6. The number of carbonyl (C=O) groups is 3. The third-order valence-corrected chi connectivity index (χ3v) is 14.7. The highest BCUT2D eigenvalue weighted by molar-refractivity contribution is 5.71. The zero-order valence-corrected chi connectivity index (χ0v) is 46.6. The summed E-state index contributed by atoms with van der Waals surface area (Å²) in [5.74, 6) is 0.0355. The van der Waals surface area contributed by atoms with E-state index in [4.69, 9.17) is 14.2 Å². The molecule has 0 heterocycles. The Hall–Kier alpha value is -1.59. The molecule has 0 N–H and O–H groups in total. The molecule has 0 aliphatic carbocycles. The first kappa shape index (κ1) is 66.4. The highest BCUT2D eigenvalue weighted by Crippen LogP contribution is 2.19. The second-order valence-electron chi connectivity index (χ2n) is 21.6. The lowest BCUT2D eigenvalue weighted by Gasteiger charge is -2.18. The summed E-state index contributed by atoms with van der Waals surface area (Å²) in [6.45, 7) is 9.10. The minimum absolute atomic E-state index is 0.0618. The number of esters is 3. The SMILES string of the molecule is CCCCCCCCCCCCCCCCCCCCCC(=O)OC[C@@H](COC(=O)CCCCCCCCCCCCCCCCCCC)OC(=O)CCCCCCCCCCCCC(C)CC. The molecule has 0 bridgehead atoms. The molecule has 0 aliphatic rings. The third kappa shape index (κ3) is 53.8. The van der Waals surface area contributed by atoms with Crippen LogP contribution in [0.4, 0.5) is 0 Å². The smallest absolute Gasteiger partial charge is 0.306 e. The molecule has 0 fully saturated rings. The fourth-order valence-corrected chi connectivity index (χ4v) is 9.60. The van der Waals surface area contributed by atoms with Gasteiger partial charge in [-0.2, -0.15) is 0 Å². The molecule has 0 aromatic rings. The van der Waals surface area contributed by atoms with E-state index in [-0.39, 0.29) is 31.1 Å². The van der Waals surface area contributed by atoms with Crippen LogP contribution in [-0.2, 0) is 28.6 Å². The molecule has 404 valence electrons. The molecule has 2 atom stereocenters. The zero-order chi connectivity index (χ0) is 49.5. The summed E-state index contributed by atoms with van der Waals surface area (Å²) in [4.78, 5) is 38.2. The van der Waals surface area contributed by atoms with Crippen LogP contribution in [0, 0.1) is 5.92 Å². The van der Waals surface area contributed by atoms with Gasteiger partial charge in [0.05, 0.1) is 0 Å². The van der Waals surface area contributed by atoms with E-state index in [0.29, 0.717) is 19.3 Å². The summed E-state index contributed by atoms with van der Waals surface area (Å²) < 4.78 is 16.9. The molecule has 0 aromatic heterocycles. The van der Waals surface area contributed by atoms with Crippen LogP contribution in [0.5, 0.6) is 0 Å². The normalized spacial score (nSPS) is 12.4. The number of hydrogen-bond donors (Lipinski definition) is 0. The first-order chi connectivity index (χ1) is 33.4. The molecule has 0 rings (SSSR count). The van der Waals surface area contributed by atoms with E-state index >= 15 is 0 Å². The number of ether oxygens (including phenoxy) is 3. The predicted molar refractivity (Wildman–Crippen MR) is 293 cm³/mol. The molecule has 6 nitrogen and oxygen atoms in total. The number of hydrogen-bond acceptors (Lipinski definition) is 6. The van der Waals surface area contributed by atoms with Crippen LogP contribution < -0.4 is 0 Å². The average Bonchev–Trinajstić information content (AvgIpc) is 3.34. The molecule has 0 radical (unpaired) electrons. The van der Waals surface area contributed by atoms with Crippen molar-refractivity contribution in [1.82, 2.24) is 0 Å². The van der Waals surface area contributed by atoms with Crippen LogP contribution in [0.2, 0.25) is 0 Å². The molecule has 0 saturated heterocycles. The van der Waals surface area contributed by atoms with Gasteiger partial charge in [0.25, 0.3) is 0 Å². The van der Waals surface area contributed by atoms with Crippen LogP contribution in [-0.4, -0.2) is 37.2 Å². The van der Waals surface area contributed by atoms with Crippen LogP contribution in [0.3, 0.4) is 0 Å². The van der Waals surface area contributed by atoms with Gasteiger partial charge in [0.2, 0.25) is 0 Å². The standard InChI is InChI=1S/C62H120O6/c1-5-8-10-12-14-16-18-20-22-24-25-27-29-31-33-38-42-46-50-54-61(64)67-57-59(68-62(65)55-51-47-43-39-35-34-36-40-44-48-52-58(4)7-3)56-66-60(63)53-49-45-41-37-32-30-28-26-23-21-19-17-15-13-11-9-6-2/h58-59H,5-57H2,1-4H3/t58?,59-/m1/s1. The first-order valence-electron chi connectivity index (χ1n) is 30.9. The maximum absolute atomic E-state index is 12.9. The van der Waals surface area contributed by atoms with Gasteiger partial charge in [0, 0.05) is 19.3 Å². The van der Waals surface area contributed by atoms with Crippen LogP contribution in [0.15, 0.2) is 0 Å². The van der Waals surface area contributed by atoms with Crippen molar-refractivity contribution in [3.05, 3.63) is 0 Å². The van der Waals surface area contributed by atoms with Crippen molar-refractivity contribution in [3.63, 3.8) is 0 Å². The number of unbranched alkanes of at least 4 members (excludes halogenated alkanes) is 43. The van der Waals surface area contributed by atoms with Crippen molar-refractivity contribution in [1.29, 1.82) is 0 Å². The molecule has 0 aliphatic heterocycles. The van der Waals surface area contributed by atoms with Gasteiger partial charge in [0.1, 0.15) is 13.2 Å². The van der Waals surface area contributed by atoms with Crippen molar-refractivity contribution in [3.8, 4) is 0 Å². The van der Waals surface area contributed by atoms with E-state index in [1.165, 1.54) is 250 Å². The fraction of sp³-hybridized carbons (Fsp3) is 0.952. The molecule has 0 aromatic carbocycles. The summed E-state index contributed by atoms with van der Waals surface area (Å²) in [6, 6.07) is 0. The Morgan fingerprint density at radius 3 is 0.765 bits per heavy atom. The van der Waals surface area contributed by atoms with Gasteiger partial charge >= 0.3 is 17.9 Å². The maximum atomic E-state index is 12.9. The number of rotatable bonds is 57. The molecular weight excluding hydrogens is 841 g/mol. The Bertz CT molecular complexity index is 1030. The minimum atomic E-state index is -0.763. The summed E-state index contributed by atoms with van der Waals surface area (Å²) in [6.07, 6.45) is 62.4. The monoisotopic (exact) mass is 961 g/mol. The Balaban J connectivity index is 4.27. The Morgan fingerprint density at radius 2 is 0.515 bits per heavy atom. The quantitative estimate of drug-likeness (QED) is 0.0343. The van der Waals surface area contributed by atoms with Gasteiger partial charge < -0.3 is 14.2 Å². The zero-order valence-electron chi connectivity index (χ0n) is 46.6. The van der Waals surface area contributed by atoms with Gasteiger partial charge in [-0.1, -0.05) is 317 Å². The minimum Gasteiger partial charge on any atom is -0.462 e. The largest absolute Gasteiger partial charge is 0.462 e. The van der Waals surface area contributed by atoms with Crippen molar-refractivity contribution in [2.45, 2.75) is 361 Å². The van der Waals surface area contributed by atoms with Gasteiger partial charge in [-0.3, -0.25) is 14.4 Å². The van der Waals surface area contributed by atoms with E-state index in [2.05, 4.69) is 27.7 Å². The van der Waals surface area contributed by atoms with E-state index in [0.717, 1.165) is 63.7 Å². The topological polar surface area (TPSA) is 78.9 Å². The summed E-state index contributed by atoms with van der Waals surface area (Å²) in [5.41, 5.74) is 0. The van der Waals surface area contributed by atoms with Crippen LogP contribution >= 0.6 is 0 Å². The van der Waals surface area contributed by atoms with E-state index in [9.17, 15) is 14.4 Å². The van der Waals surface area contributed by atoms with Gasteiger partial charge in [-0.15, -0.1) is 0 Å². The highest BCUT2D eigenvalue weighted by Gasteiger charge is 2.19. The average molecular weight is 962 g/mol. The van der Waals surface area contributed by atoms with Gasteiger partial charge in [0.15, 0.2) is 6.10 Å².